The number of hydroxylamine groups is 1. The van der Waals surface area contributed by atoms with E-state index in [-0.39, 0.29) is 34.3 Å². The third kappa shape index (κ3) is 6.69. The van der Waals surface area contributed by atoms with Gasteiger partial charge in [-0.3, -0.25) is 19.5 Å². The van der Waals surface area contributed by atoms with Gasteiger partial charge in [0.15, 0.2) is 5.82 Å². The molecule has 2 N–H and O–H groups in total. The van der Waals surface area contributed by atoms with Gasteiger partial charge in [-0.25, -0.2) is 29.0 Å². The van der Waals surface area contributed by atoms with E-state index in [1.54, 1.807) is 25.1 Å². The molecule has 4 aromatic heterocycles. The molecule has 0 bridgehead atoms. The number of rotatable bonds is 9. The molecule has 13 nitrogen and oxygen atoms in total. The number of urea groups is 1. The van der Waals surface area contributed by atoms with Crippen molar-refractivity contribution >= 4 is 33.4 Å². The van der Waals surface area contributed by atoms with Gasteiger partial charge in [-0.2, -0.15) is 13.2 Å². The van der Waals surface area contributed by atoms with Crippen LogP contribution in [-0.2, 0) is 24.1 Å². The molecule has 47 heavy (non-hydrogen) atoms. The standard InChI is InChI=1S/C29H26F4N8O5S/c1-39(2)13-17-23-25(42)41(21-10-11-22(45-3)37-36-21)28(44)40(14-16-18(29(31,32)33)6-5-7-19(16)30)26(23)47-24(17)15-8-9-20(34-12-15)35-27(43)38-46-4/h5-12H,13-14H2,1-4H3,(H2,34,35,38,43). The van der Waals surface area contributed by atoms with E-state index in [0.29, 0.717) is 20.6 Å². The first-order chi connectivity index (χ1) is 22.3. The van der Waals surface area contributed by atoms with Gasteiger partial charge in [0.1, 0.15) is 16.5 Å². The van der Waals surface area contributed by atoms with Gasteiger partial charge in [0.25, 0.3) is 5.56 Å². The van der Waals surface area contributed by atoms with Gasteiger partial charge in [0.2, 0.25) is 5.88 Å². The van der Waals surface area contributed by atoms with Crippen LogP contribution in [0.3, 0.4) is 0 Å². The SMILES string of the molecule is CONC(=O)Nc1ccc(-c2sc3c(c2CN(C)C)c(=O)n(-c2ccc(OC)nn2)c(=O)n3Cc2c(F)cccc2C(F)(F)F)cn1. The zero-order valence-corrected chi connectivity index (χ0v) is 26.0. The lowest BCUT2D eigenvalue weighted by Gasteiger charge is -2.17. The molecule has 5 aromatic rings. The molecule has 246 valence electrons. The van der Waals surface area contributed by atoms with Crippen LogP contribution in [0.5, 0.6) is 5.88 Å². The molecule has 0 aliphatic heterocycles. The van der Waals surface area contributed by atoms with Crippen molar-refractivity contribution in [3.63, 3.8) is 0 Å². The van der Waals surface area contributed by atoms with Crippen molar-refractivity contribution < 1.29 is 31.9 Å². The summed E-state index contributed by atoms with van der Waals surface area (Å²) < 4.78 is 63.8. The fourth-order valence-corrected chi connectivity index (χ4v) is 6.12. The number of ether oxygens (including phenoxy) is 1. The highest BCUT2D eigenvalue weighted by molar-refractivity contribution is 7.22. The minimum absolute atomic E-state index is 0.00231. The third-order valence-electron chi connectivity index (χ3n) is 6.81. The van der Waals surface area contributed by atoms with Crippen LogP contribution in [0.1, 0.15) is 16.7 Å². The highest BCUT2D eigenvalue weighted by Crippen LogP contribution is 2.39. The summed E-state index contributed by atoms with van der Waals surface area (Å²) in [6, 6.07) is 7.58. The predicted molar refractivity (Wildman–Crippen MR) is 164 cm³/mol. The number of hydrogen-bond acceptors (Lipinski definition) is 10. The lowest BCUT2D eigenvalue weighted by molar-refractivity contribution is -0.138. The van der Waals surface area contributed by atoms with E-state index in [1.165, 1.54) is 38.6 Å². The maximum absolute atomic E-state index is 15.1. The molecule has 0 fully saturated rings. The van der Waals surface area contributed by atoms with Gasteiger partial charge in [-0.1, -0.05) is 6.07 Å². The molecule has 0 aliphatic carbocycles. The monoisotopic (exact) mass is 674 g/mol. The zero-order valence-electron chi connectivity index (χ0n) is 25.2. The number of aromatic nitrogens is 5. The molecule has 0 saturated carbocycles. The topological polar surface area (TPSA) is 146 Å². The first-order valence-electron chi connectivity index (χ1n) is 13.6. The largest absolute Gasteiger partial charge is 0.480 e. The van der Waals surface area contributed by atoms with Gasteiger partial charge in [0, 0.05) is 34.8 Å². The van der Waals surface area contributed by atoms with E-state index >= 15 is 4.39 Å². The number of alkyl halides is 3. The van der Waals surface area contributed by atoms with Crippen molar-refractivity contribution in [2.45, 2.75) is 19.3 Å². The molecule has 0 aliphatic rings. The summed E-state index contributed by atoms with van der Waals surface area (Å²) in [6.07, 6.45) is -3.52. The summed E-state index contributed by atoms with van der Waals surface area (Å²) in [5.74, 6) is -1.16. The van der Waals surface area contributed by atoms with Crippen LogP contribution in [0.4, 0.5) is 28.2 Å². The van der Waals surface area contributed by atoms with Gasteiger partial charge < -0.3 is 9.64 Å². The van der Waals surface area contributed by atoms with Gasteiger partial charge in [-0.15, -0.1) is 21.5 Å². The Morgan fingerprint density at radius 2 is 1.81 bits per heavy atom. The number of halogens is 4. The maximum atomic E-state index is 15.1. The smallest absolute Gasteiger partial charge is 0.416 e. The second-order valence-electron chi connectivity index (χ2n) is 10.2. The third-order valence-corrected chi connectivity index (χ3v) is 8.12. The molecule has 0 saturated heterocycles. The molecule has 0 atom stereocenters. The number of thiophene rings is 1. The maximum Gasteiger partial charge on any atom is 0.416 e. The minimum Gasteiger partial charge on any atom is -0.480 e. The number of amides is 2. The molecular weight excluding hydrogens is 648 g/mol. The number of pyridine rings is 1. The molecule has 0 unspecified atom stereocenters. The van der Waals surface area contributed by atoms with Crippen molar-refractivity contribution in [2.75, 3.05) is 33.6 Å². The number of carbonyl (C=O) groups is 1. The van der Waals surface area contributed by atoms with Gasteiger partial charge in [-0.05, 0) is 50.0 Å². The number of methoxy groups -OCH3 is 1. The van der Waals surface area contributed by atoms with E-state index in [4.69, 9.17) is 4.74 Å². The van der Waals surface area contributed by atoms with Gasteiger partial charge in [0.05, 0.1) is 31.7 Å². The Morgan fingerprint density at radius 1 is 1.04 bits per heavy atom. The summed E-state index contributed by atoms with van der Waals surface area (Å²) in [6.45, 7) is -0.710. The first-order valence-corrected chi connectivity index (χ1v) is 14.4. The molecule has 0 spiro atoms. The molecule has 1 aromatic carbocycles. The Labute approximate surface area is 267 Å². The molecule has 5 rings (SSSR count). The molecule has 4 heterocycles. The summed E-state index contributed by atoms with van der Waals surface area (Å²) in [4.78, 5) is 51.1. The summed E-state index contributed by atoms with van der Waals surface area (Å²) >= 11 is 0.954. The van der Waals surface area contributed by atoms with E-state index in [1.807, 2.05) is 0 Å². The highest BCUT2D eigenvalue weighted by atomic mass is 32.1. The van der Waals surface area contributed by atoms with Crippen molar-refractivity contribution in [1.82, 2.24) is 34.7 Å². The zero-order chi connectivity index (χ0) is 34.0. The fourth-order valence-electron chi connectivity index (χ4n) is 4.83. The lowest BCUT2D eigenvalue weighted by atomic mass is 10.1. The molecule has 18 heteroatoms. The number of carbonyl (C=O) groups excluding carboxylic acids is 1. The molecular formula is C29H26F4N8O5S. The minimum atomic E-state index is -4.94. The highest BCUT2D eigenvalue weighted by Gasteiger charge is 2.35. The normalized spacial score (nSPS) is 11.7. The van der Waals surface area contributed by atoms with Crippen LogP contribution in [0.25, 0.3) is 26.5 Å². The number of nitrogens with zero attached hydrogens (tertiary/aromatic N) is 6. The van der Waals surface area contributed by atoms with Crippen molar-refractivity contribution in [3.05, 3.63) is 92.0 Å². The number of hydrogen-bond donors (Lipinski definition) is 2. The number of nitrogens with one attached hydrogen (secondary N) is 2. The first kappa shape index (κ1) is 33.2. The van der Waals surface area contributed by atoms with E-state index in [0.717, 1.165) is 34.1 Å². The van der Waals surface area contributed by atoms with Crippen molar-refractivity contribution in [3.8, 4) is 22.1 Å². The lowest BCUT2D eigenvalue weighted by Crippen LogP contribution is -2.40. The van der Waals surface area contributed by atoms with Gasteiger partial charge >= 0.3 is 17.9 Å². The average Bonchev–Trinajstić information content (AvgIpc) is 3.38. The predicted octanol–water partition coefficient (Wildman–Crippen LogP) is 4.03. The van der Waals surface area contributed by atoms with Crippen LogP contribution < -0.4 is 26.8 Å². The second kappa shape index (κ2) is 13.3. The summed E-state index contributed by atoms with van der Waals surface area (Å²) in [5, 5.41) is 10.2. The van der Waals surface area contributed by atoms with Crippen LogP contribution >= 0.6 is 11.3 Å². The van der Waals surface area contributed by atoms with Crippen LogP contribution in [0.2, 0.25) is 0 Å². The number of fused-ring (bicyclic) bond motifs is 1. The van der Waals surface area contributed by atoms with Crippen molar-refractivity contribution in [2.24, 2.45) is 0 Å². The molecule has 0 radical (unpaired) electrons. The number of anilines is 1. The van der Waals surface area contributed by atoms with Crippen LogP contribution in [-0.4, -0.2) is 63.6 Å². The van der Waals surface area contributed by atoms with E-state index in [2.05, 4.69) is 30.8 Å². The average molecular weight is 675 g/mol. The Hall–Kier alpha value is -5.20. The molecule has 2 amide bonds. The number of benzene rings is 1. The Morgan fingerprint density at radius 3 is 2.40 bits per heavy atom. The second-order valence-corrected chi connectivity index (χ2v) is 11.2. The fraction of sp³-hybridized carbons (Fsp3) is 0.241. The summed E-state index contributed by atoms with van der Waals surface area (Å²) in [7, 11) is 6.08. The van der Waals surface area contributed by atoms with Crippen LogP contribution in [0, 0.1) is 5.82 Å². The Bertz CT molecular complexity index is 2060. The quantitative estimate of drug-likeness (QED) is 0.175. The van der Waals surface area contributed by atoms with E-state index in [9.17, 15) is 27.6 Å². The Kier molecular flexibility index (Phi) is 9.36. The summed E-state index contributed by atoms with van der Waals surface area (Å²) in [5.41, 5.74) is -0.949. The van der Waals surface area contributed by atoms with E-state index < -0.39 is 46.9 Å². The van der Waals surface area contributed by atoms with Crippen molar-refractivity contribution in [1.29, 1.82) is 0 Å². The Balaban J connectivity index is 1.81. The van der Waals surface area contributed by atoms with Crippen LogP contribution in [0.15, 0.2) is 58.3 Å².